The molecule has 60 valence electrons. The number of aliphatic hydroxyl groups excluding tert-OH is 1. The highest BCUT2D eigenvalue weighted by molar-refractivity contribution is 6.75. The van der Waals surface area contributed by atoms with Gasteiger partial charge in [0.2, 0.25) is 8.32 Å². The second-order valence-electron chi connectivity index (χ2n) is 3.22. The molecule has 0 saturated carbocycles. The SMILES string of the molecule is CO[Si]1(CO)CCCC1C. The molecular formula is C7H16O2Si. The van der Waals surface area contributed by atoms with Gasteiger partial charge in [-0.1, -0.05) is 19.8 Å². The molecule has 10 heavy (non-hydrogen) atoms. The van der Waals surface area contributed by atoms with E-state index in [0.717, 1.165) is 6.04 Å². The molecule has 1 fully saturated rings. The number of rotatable bonds is 2. The lowest BCUT2D eigenvalue weighted by atomic mass is 10.3. The van der Waals surface area contributed by atoms with E-state index in [9.17, 15) is 0 Å². The molecule has 0 aromatic rings. The Morgan fingerprint density at radius 3 is 2.60 bits per heavy atom. The summed E-state index contributed by atoms with van der Waals surface area (Å²) in [5, 5.41) is 9.12. The molecule has 1 heterocycles. The summed E-state index contributed by atoms with van der Waals surface area (Å²) in [6, 6.07) is 1.15. The Hall–Kier alpha value is 0.137. The summed E-state index contributed by atoms with van der Waals surface area (Å²) in [6.45, 7) is 2.21. The van der Waals surface area contributed by atoms with Crippen LogP contribution in [0.5, 0.6) is 0 Å². The van der Waals surface area contributed by atoms with Gasteiger partial charge in [0.25, 0.3) is 0 Å². The Bertz CT molecular complexity index is 112. The minimum Gasteiger partial charge on any atom is -0.417 e. The zero-order valence-corrected chi connectivity index (χ0v) is 7.76. The first kappa shape index (κ1) is 8.24. The van der Waals surface area contributed by atoms with Gasteiger partial charge in [0, 0.05) is 7.11 Å². The zero-order chi connectivity index (χ0) is 7.61. The molecule has 0 aliphatic carbocycles. The molecular weight excluding hydrogens is 144 g/mol. The zero-order valence-electron chi connectivity index (χ0n) is 6.76. The Morgan fingerprint density at radius 2 is 2.40 bits per heavy atom. The van der Waals surface area contributed by atoms with Crippen molar-refractivity contribution in [3.05, 3.63) is 0 Å². The highest BCUT2D eigenvalue weighted by Crippen LogP contribution is 2.38. The van der Waals surface area contributed by atoms with Crippen LogP contribution in [0.2, 0.25) is 11.6 Å². The van der Waals surface area contributed by atoms with Crippen LogP contribution in [-0.4, -0.2) is 26.8 Å². The lowest BCUT2D eigenvalue weighted by molar-refractivity contribution is 0.295. The fourth-order valence-electron chi connectivity index (χ4n) is 1.82. The molecule has 1 saturated heterocycles. The van der Waals surface area contributed by atoms with Gasteiger partial charge >= 0.3 is 0 Å². The smallest absolute Gasteiger partial charge is 0.219 e. The first-order chi connectivity index (χ1) is 4.75. The van der Waals surface area contributed by atoms with Gasteiger partial charge in [0.05, 0.1) is 6.23 Å². The van der Waals surface area contributed by atoms with Crippen LogP contribution >= 0.6 is 0 Å². The van der Waals surface area contributed by atoms with E-state index >= 15 is 0 Å². The lowest BCUT2D eigenvalue weighted by Gasteiger charge is -2.26. The minimum atomic E-state index is -1.63. The average molecular weight is 160 g/mol. The van der Waals surface area contributed by atoms with Crippen LogP contribution in [0.3, 0.4) is 0 Å². The van der Waals surface area contributed by atoms with Crippen LogP contribution in [0.1, 0.15) is 19.8 Å². The number of aliphatic hydroxyl groups is 1. The van der Waals surface area contributed by atoms with Crippen molar-refractivity contribution < 1.29 is 9.53 Å². The molecule has 0 aromatic heterocycles. The van der Waals surface area contributed by atoms with E-state index < -0.39 is 8.32 Å². The highest BCUT2D eigenvalue weighted by atomic mass is 28.4. The fourth-order valence-corrected chi connectivity index (χ4v) is 5.05. The molecule has 3 heteroatoms. The normalized spacial score (nSPS) is 40.5. The van der Waals surface area contributed by atoms with Gasteiger partial charge in [-0.15, -0.1) is 0 Å². The third kappa shape index (κ3) is 1.13. The predicted molar refractivity (Wildman–Crippen MR) is 43.3 cm³/mol. The first-order valence-electron chi connectivity index (χ1n) is 3.91. The van der Waals surface area contributed by atoms with E-state index in [0.29, 0.717) is 11.8 Å². The standard InChI is InChI=1S/C7H16O2Si/c1-7-4-3-5-10(7,6-8)9-2/h7-8H,3-6H2,1-2H3. The average Bonchev–Trinajstić information content (AvgIpc) is 2.32. The number of hydrogen-bond acceptors (Lipinski definition) is 2. The van der Waals surface area contributed by atoms with Gasteiger partial charge in [-0.25, -0.2) is 0 Å². The van der Waals surface area contributed by atoms with Gasteiger partial charge in [-0.05, 0) is 11.6 Å². The van der Waals surface area contributed by atoms with Crippen LogP contribution in [0, 0.1) is 0 Å². The molecule has 2 atom stereocenters. The van der Waals surface area contributed by atoms with Crippen LogP contribution in [0.25, 0.3) is 0 Å². The Labute approximate surface area is 63.3 Å². The number of hydrogen-bond donors (Lipinski definition) is 1. The Balaban J connectivity index is 2.61. The van der Waals surface area contributed by atoms with Crippen molar-refractivity contribution >= 4 is 8.32 Å². The maximum Gasteiger partial charge on any atom is 0.219 e. The quantitative estimate of drug-likeness (QED) is 0.617. The monoisotopic (exact) mass is 160 g/mol. The largest absolute Gasteiger partial charge is 0.417 e. The van der Waals surface area contributed by atoms with Gasteiger partial charge in [0.1, 0.15) is 0 Å². The van der Waals surface area contributed by atoms with Crippen molar-refractivity contribution in [1.82, 2.24) is 0 Å². The fraction of sp³-hybridized carbons (Fsp3) is 1.00. The Kier molecular flexibility index (Phi) is 2.49. The minimum absolute atomic E-state index is 0.310. The van der Waals surface area contributed by atoms with Crippen molar-refractivity contribution in [2.24, 2.45) is 0 Å². The van der Waals surface area contributed by atoms with Gasteiger partial charge in [-0.2, -0.15) is 0 Å². The van der Waals surface area contributed by atoms with E-state index in [1.807, 2.05) is 0 Å². The summed E-state index contributed by atoms with van der Waals surface area (Å²) in [7, 11) is 0.126. The van der Waals surface area contributed by atoms with E-state index in [4.69, 9.17) is 9.53 Å². The van der Waals surface area contributed by atoms with E-state index in [1.165, 1.54) is 12.8 Å². The maximum atomic E-state index is 9.12. The van der Waals surface area contributed by atoms with Gasteiger partial charge in [-0.3, -0.25) is 0 Å². The topological polar surface area (TPSA) is 29.5 Å². The molecule has 1 N–H and O–H groups in total. The molecule has 0 amide bonds. The lowest BCUT2D eigenvalue weighted by Crippen LogP contribution is -2.42. The Morgan fingerprint density at radius 1 is 1.70 bits per heavy atom. The highest BCUT2D eigenvalue weighted by Gasteiger charge is 2.43. The molecule has 1 aliphatic rings. The van der Waals surface area contributed by atoms with Crippen LogP contribution < -0.4 is 0 Å². The third-order valence-electron chi connectivity index (χ3n) is 2.81. The predicted octanol–water partition coefficient (Wildman–Crippen LogP) is 1.29. The maximum absolute atomic E-state index is 9.12. The summed E-state index contributed by atoms with van der Waals surface area (Å²) in [5.74, 6) is 0. The van der Waals surface area contributed by atoms with Crippen LogP contribution in [0.15, 0.2) is 0 Å². The summed E-state index contributed by atoms with van der Waals surface area (Å²) < 4.78 is 5.45. The van der Waals surface area contributed by atoms with Crippen molar-refractivity contribution in [2.45, 2.75) is 31.4 Å². The van der Waals surface area contributed by atoms with Gasteiger partial charge < -0.3 is 9.53 Å². The van der Waals surface area contributed by atoms with E-state index in [2.05, 4.69) is 6.92 Å². The first-order valence-corrected chi connectivity index (χ1v) is 6.31. The molecule has 0 radical (unpaired) electrons. The summed E-state index contributed by atoms with van der Waals surface area (Å²) in [6.07, 6.45) is 2.81. The van der Waals surface area contributed by atoms with Crippen molar-refractivity contribution in [2.75, 3.05) is 13.3 Å². The van der Waals surface area contributed by atoms with E-state index in [1.54, 1.807) is 7.11 Å². The van der Waals surface area contributed by atoms with Crippen LogP contribution in [0.4, 0.5) is 0 Å². The molecule has 0 bridgehead atoms. The summed E-state index contributed by atoms with van der Waals surface area (Å²) in [5.41, 5.74) is 0.655. The van der Waals surface area contributed by atoms with Crippen molar-refractivity contribution in [3.63, 3.8) is 0 Å². The molecule has 0 aromatic carbocycles. The second-order valence-corrected chi connectivity index (χ2v) is 7.56. The summed E-state index contributed by atoms with van der Waals surface area (Å²) >= 11 is 0. The third-order valence-corrected chi connectivity index (χ3v) is 7.44. The van der Waals surface area contributed by atoms with E-state index in [-0.39, 0.29) is 0 Å². The molecule has 2 nitrogen and oxygen atoms in total. The van der Waals surface area contributed by atoms with Crippen molar-refractivity contribution in [3.8, 4) is 0 Å². The van der Waals surface area contributed by atoms with Crippen molar-refractivity contribution in [1.29, 1.82) is 0 Å². The van der Waals surface area contributed by atoms with Gasteiger partial charge in [0.15, 0.2) is 0 Å². The summed E-state index contributed by atoms with van der Waals surface area (Å²) in [4.78, 5) is 0. The molecule has 2 unspecified atom stereocenters. The molecule has 1 aliphatic heterocycles. The second kappa shape index (κ2) is 3.03. The van der Waals surface area contributed by atoms with Crippen LogP contribution in [-0.2, 0) is 4.43 Å². The molecule has 1 rings (SSSR count). The molecule has 0 spiro atoms.